The van der Waals surface area contributed by atoms with Crippen LogP contribution in [-0.2, 0) is 16.1 Å². The van der Waals surface area contributed by atoms with Crippen LogP contribution in [0.15, 0.2) is 30.3 Å². The van der Waals surface area contributed by atoms with Crippen LogP contribution in [0.25, 0.3) is 0 Å². The summed E-state index contributed by atoms with van der Waals surface area (Å²) in [5, 5.41) is 2.88. The van der Waals surface area contributed by atoms with Crippen LogP contribution in [0.3, 0.4) is 0 Å². The van der Waals surface area contributed by atoms with E-state index in [0.717, 1.165) is 64.3 Å². The number of nitrogens with one attached hydrogen (secondary N) is 1. The number of carbonyl (C=O) groups excluding carboxylic acids is 2. The van der Waals surface area contributed by atoms with E-state index in [9.17, 15) is 9.59 Å². The fraction of sp³-hybridized carbons (Fsp3) is 0.667. The number of amides is 3. The van der Waals surface area contributed by atoms with Crippen LogP contribution in [0, 0.1) is 0 Å². The number of hydrogen-bond acceptors (Lipinski definition) is 4. The first-order valence-electron chi connectivity index (χ1n) is 11.7. The van der Waals surface area contributed by atoms with Gasteiger partial charge in [-0.05, 0) is 12.0 Å². The van der Waals surface area contributed by atoms with Crippen molar-refractivity contribution in [3.63, 3.8) is 0 Å². The van der Waals surface area contributed by atoms with Crippen molar-refractivity contribution < 1.29 is 14.3 Å². The monoisotopic (exact) mass is 432 g/mol. The van der Waals surface area contributed by atoms with Gasteiger partial charge in [0.25, 0.3) is 0 Å². The predicted molar refractivity (Wildman–Crippen MR) is 124 cm³/mol. The third-order valence-electron chi connectivity index (χ3n) is 5.65. The maximum atomic E-state index is 12.8. The lowest BCUT2D eigenvalue weighted by Crippen LogP contribution is -2.44. The zero-order valence-corrected chi connectivity index (χ0v) is 19.4. The summed E-state index contributed by atoms with van der Waals surface area (Å²) in [4.78, 5) is 31.2. The second kappa shape index (κ2) is 14.8. The van der Waals surface area contributed by atoms with Gasteiger partial charge >= 0.3 is 6.03 Å². The zero-order valence-electron chi connectivity index (χ0n) is 19.4. The molecule has 3 amide bonds. The van der Waals surface area contributed by atoms with Crippen molar-refractivity contribution in [2.24, 2.45) is 0 Å². The second-order valence-electron chi connectivity index (χ2n) is 8.22. The molecule has 0 aromatic heterocycles. The number of hydrogen-bond donors (Lipinski definition) is 1. The van der Waals surface area contributed by atoms with E-state index in [-0.39, 0.29) is 11.9 Å². The maximum absolute atomic E-state index is 12.8. The Morgan fingerprint density at radius 1 is 1.06 bits per heavy atom. The van der Waals surface area contributed by atoms with Crippen molar-refractivity contribution in [2.45, 2.75) is 45.6 Å². The number of nitrogens with zero attached hydrogens (tertiary/aromatic N) is 3. The lowest BCUT2D eigenvalue weighted by molar-refractivity contribution is -0.131. The summed E-state index contributed by atoms with van der Waals surface area (Å²) in [5.74, 6) is 0.121. The number of morpholine rings is 1. The molecule has 1 aromatic carbocycles. The van der Waals surface area contributed by atoms with Gasteiger partial charge in [0.15, 0.2) is 0 Å². The number of urea groups is 1. The van der Waals surface area contributed by atoms with Crippen LogP contribution in [0.1, 0.15) is 44.6 Å². The molecule has 1 aliphatic heterocycles. The van der Waals surface area contributed by atoms with Gasteiger partial charge in [0.05, 0.1) is 13.2 Å². The van der Waals surface area contributed by atoms with E-state index >= 15 is 0 Å². The van der Waals surface area contributed by atoms with Gasteiger partial charge in [-0.3, -0.25) is 9.69 Å². The summed E-state index contributed by atoms with van der Waals surface area (Å²) in [6.45, 7) is 8.93. The third kappa shape index (κ3) is 10.2. The zero-order chi connectivity index (χ0) is 22.3. The Labute approximate surface area is 187 Å². The summed E-state index contributed by atoms with van der Waals surface area (Å²) in [6, 6.07) is 9.73. The minimum absolute atomic E-state index is 0.121. The summed E-state index contributed by atoms with van der Waals surface area (Å²) in [7, 11) is 1.77. The number of benzene rings is 1. The van der Waals surface area contributed by atoms with Gasteiger partial charge in [0.1, 0.15) is 0 Å². The molecule has 0 atom stereocenters. The van der Waals surface area contributed by atoms with Gasteiger partial charge in [-0.2, -0.15) is 0 Å². The summed E-state index contributed by atoms with van der Waals surface area (Å²) in [5.41, 5.74) is 1.08. The smallest absolute Gasteiger partial charge is 0.317 e. The van der Waals surface area contributed by atoms with Gasteiger partial charge in [0.2, 0.25) is 5.91 Å². The van der Waals surface area contributed by atoms with E-state index in [1.165, 1.54) is 12.8 Å². The molecular formula is C24H40N4O3. The van der Waals surface area contributed by atoms with Crippen molar-refractivity contribution in [1.82, 2.24) is 20.0 Å². The first-order chi connectivity index (χ1) is 15.1. The molecule has 0 spiro atoms. The van der Waals surface area contributed by atoms with E-state index < -0.39 is 0 Å². The Hall–Kier alpha value is -2.12. The fourth-order valence-electron chi connectivity index (χ4n) is 3.68. The second-order valence-corrected chi connectivity index (χ2v) is 8.22. The SMILES string of the molecule is CCCCCCN(CCN1CCOCC1)C(=O)CCNC(=O)N(C)Cc1ccccc1. The molecule has 31 heavy (non-hydrogen) atoms. The van der Waals surface area contributed by atoms with Crippen LogP contribution in [0.4, 0.5) is 4.79 Å². The first kappa shape index (κ1) is 25.1. The number of carbonyl (C=O) groups is 2. The van der Waals surface area contributed by atoms with E-state index in [2.05, 4.69) is 17.1 Å². The van der Waals surface area contributed by atoms with Crippen molar-refractivity contribution in [3.8, 4) is 0 Å². The molecule has 1 aromatic rings. The molecule has 1 saturated heterocycles. The molecule has 0 saturated carbocycles. The molecule has 1 aliphatic rings. The first-order valence-corrected chi connectivity index (χ1v) is 11.7. The highest BCUT2D eigenvalue weighted by Gasteiger charge is 2.17. The van der Waals surface area contributed by atoms with E-state index in [1.54, 1.807) is 11.9 Å². The minimum Gasteiger partial charge on any atom is -0.379 e. The molecular weight excluding hydrogens is 392 g/mol. The van der Waals surface area contributed by atoms with Gasteiger partial charge in [-0.25, -0.2) is 4.79 Å². The van der Waals surface area contributed by atoms with Crippen LogP contribution in [0.5, 0.6) is 0 Å². The fourth-order valence-corrected chi connectivity index (χ4v) is 3.68. The Morgan fingerprint density at radius 3 is 2.52 bits per heavy atom. The number of ether oxygens (including phenoxy) is 1. The molecule has 1 N–H and O–H groups in total. The average Bonchev–Trinajstić information content (AvgIpc) is 2.79. The van der Waals surface area contributed by atoms with E-state index in [0.29, 0.717) is 19.5 Å². The van der Waals surface area contributed by atoms with Crippen LogP contribution in [-0.4, -0.2) is 86.2 Å². The average molecular weight is 433 g/mol. The Kier molecular flexibility index (Phi) is 12.0. The molecule has 0 unspecified atom stereocenters. The molecule has 0 radical (unpaired) electrons. The van der Waals surface area contributed by atoms with Gasteiger partial charge in [-0.15, -0.1) is 0 Å². The van der Waals surface area contributed by atoms with Gasteiger partial charge in [0, 0.05) is 59.3 Å². The summed E-state index contributed by atoms with van der Waals surface area (Å²) < 4.78 is 5.41. The predicted octanol–water partition coefficient (Wildman–Crippen LogP) is 2.96. The lowest BCUT2D eigenvalue weighted by atomic mass is 10.2. The normalized spacial score (nSPS) is 14.3. The highest BCUT2D eigenvalue weighted by atomic mass is 16.5. The standard InChI is InChI=1S/C24H40N4O3/c1-3-4-5-9-14-28(16-15-27-17-19-31-20-18-27)23(29)12-13-25-24(30)26(2)21-22-10-7-6-8-11-22/h6-8,10-11H,3-5,9,12-21H2,1-2H3,(H,25,30). The highest BCUT2D eigenvalue weighted by molar-refractivity contribution is 5.78. The van der Waals surface area contributed by atoms with Crippen molar-refractivity contribution in [2.75, 3.05) is 59.5 Å². The summed E-state index contributed by atoms with van der Waals surface area (Å²) >= 11 is 0. The van der Waals surface area contributed by atoms with Gasteiger partial charge < -0.3 is 19.9 Å². The summed E-state index contributed by atoms with van der Waals surface area (Å²) in [6.07, 6.45) is 4.91. The molecule has 7 nitrogen and oxygen atoms in total. The van der Waals surface area contributed by atoms with Crippen molar-refractivity contribution in [1.29, 1.82) is 0 Å². The molecule has 174 valence electrons. The molecule has 1 heterocycles. The Balaban J connectivity index is 1.74. The minimum atomic E-state index is -0.153. The molecule has 0 bridgehead atoms. The number of unbranched alkanes of at least 4 members (excludes halogenated alkanes) is 3. The Bertz CT molecular complexity index is 635. The lowest BCUT2D eigenvalue weighted by Gasteiger charge is -2.30. The van der Waals surface area contributed by atoms with Crippen LogP contribution in [0.2, 0.25) is 0 Å². The van der Waals surface area contributed by atoms with E-state index in [1.807, 2.05) is 35.2 Å². The quantitative estimate of drug-likeness (QED) is 0.487. The van der Waals surface area contributed by atoms with Crippen LogP contribution < -0.4 is 5.32 Å². The highest BCUT2D eigenvalue weighted by Crippen LogP contribution is 2.06. The molecule has 0 aliphatic carbocycles. The third-order valence-corrected chi connectivity index (χ3v) is 5.65. The topological polar surface area (TPSA) is 65.1 Å². The Morgan fingerprint density at radius 2 is 1.81 bits per heavy atom. The molecule has 2 rings (SSSR count). The molecule has 1 fully saturated rings. The number of rotatable bonds is 13. The van der Waals surface area contributed by atoms with Crippen LogP contribution >= 0.6 is 0 Å². The molecule has 7 heteroatoms. The van der Waals surface area contributed by atoms with Gasteiger partial charge in [-0.1, -0.05) is 56.5 Å². The van der Waals surface area contributed by atoms with E-state index in [4.69, 9.17) is 4.74 Å². The maximum Gasteiger partial charge on any atom is 0.317 e. The van der Waals surface area contributed by atoms with Crippen molar-refractivity contribution in [3.05, 3.63) is 35.9 Å². The van der Waals surface area contributed by atoms with Crippen molar-refractivity contribution >= 4 is 11.9 Å². The largest absolute Gasteiger partial charge is 0.379 e.